The van der Waals surface area contributed by atoms with Gasteiger partial charge in [0, 0.05) is 4.47 Å². The van der Waals surface area contributed by atoms with Gasteiger partial charge in [-0.15, -0.1) is 0 Å². The second-order valence-corrected chi connectivity index (χ2v) is 4.42. The fourth-order valence-electron chi connectivity index (χ4n) is 0.907. The molecule has 0 radical (unpaired) electrons. The number of halogens is 3. The molecule has 0 spiro atoms. The monoisotopic (exact) mass is 312 g/mol. The molecule has 0 aliphatic heterocycles. The van der Waals surface area contributed by atoms with Gasteiger partial charge >= 0.3 is 5.97 Å². The third-order valence-corrected chi connectivity index (χ3v) is 2.54. The van der Waals surface area contributed by atoms with E-state index in [1.165, 1.54) is 0 Å². The normalized spacial score (nSPS) is 10.1. The Hall–Kier alpha value is -0.450. The van der Waals surface area contributed by atoms with E-state index in [1.807, 2.05) is 0 Å². The molecule has 0 unspecified atom stereocenters. The van der Waals surface area contributed by atoms with E-state index in [2.05, 4.69) is 15.9 Å². The van der Waals surface area contributed by atoms with Crippen molar-refractivity contribution in [1.29, 1.82) is 0 Å². The lowest BCUT2D eigenvalue weighted by atomic mass is 10.3. The van der Waals surface area contributed by atoms with Gasteiger partial charge < -0.3 is 9.84 Å². The van der Waals surface area contributed by atoms with Crippen LogP contribution in [-0.4, -0.2) is 17.7 Å². The maximum absolute atomic E-state index is 10.3. The van der Waals surface area contributed by atoms with Crippen molar-refractivity contribution in [3.8, 4) is 5.75 Å². The van der Waals surface area contributed by atoms with Crippen molar-refractivity contribution in [2.75, 3.05) is 6.61 Å². The summed E-state index contributed by atoms with van der Waals surface area (Å²) in [5, 5.41) is 9.11. The van der Waals surface area contributed by atoms with Crippen LogP contribution in [-0.2, 0) is 4.79 Å². The van der Waals surface area contributed by atoms with Crippen molar-refractivity contribution in [3.63, 3.8) is 0 Å². The number of ether oxygens (including phenoxy) is 1. The Morgan fingerprint density at radius 1 is 1.40 bits per heavy atom. The van der Waals surface area contributed by atoms with Crippen molar-refractivity contribution in [2.45, 2.75) is 6.42 Å². The first-order chi connectivity index (χ1) is 7.00. The maximum atomic E-state index is 10.3. The van der Waals surface area contributed by atoms with Crippen molar-refractivity contribution >= 4 is 45.1 Å². The molecule has 0 saturated heterocycles. The first kappa shape index (κ1) is 12.6. The summed E-state index contributed by atoms with van der Waals surface area (Å²) in [6, 6.07) is 3.26. The van der Waals surface area contributed by atoms with Crippen molar-refractivity contribution in [2.24, 2.45) is 0 Å². The van der Waals surface area contributed by atoms with Gasteiger partial charge in [0.25, 0.3) is 0 Å². The number of aliphatic carboxylic acids is 1. The fraction of sp³-hybridized carbons (Fsp3) is 0.222. The van der Waals surface area contributed by atoms with E-state index in [4.69, 9.17) is 33.0 Å². The highest BCUT2D eigenvalue weighted by atomic mass is 79.9. The van der Waals surface area contributed by atoms with Crippen LogP contribution < -0.4 is 4.74 Å². The number of hydrogen-bond acceptors (Lipinski definition) is 2. The van der Waals surface area contributed by atoms with E-state index in [1.54, 1.807) is 12.1 Å². The summed E-state index contributed by atoms with van der Waals surface area (Å²) in [5.41, 5.74) is 0. The van der Waals surface area contributed by atoms with Crippen LogP contribution in [0.15, 0.2) is 16.6 Å². The summed E-state index contributed by atoms with van der Waals surface area (Å²) in [6.07, 6.45) is -0.0945. The molecule has 0 fully saturated rings. The van der Waals surface area contributed by atoms with Crippen LogP contribution in [0.25, 0.3) is 0 Å². The van der Waals surface area contributed by atoms with Crippen LogP contribution in [0.2, 0.25) is 10.0 Å². The van der Waals surface area contributed by atoms with Gasteiger partial charge in [0.05, 0.1) is 23.1 Å². The van der Waals surface area contributed by atoms with Gasteiger partial charge in [0.2, 0.25) is 0 Å². The van der Waals surface area contributed by atoms with Gasteiger partial charge in [-0.05, 0) is 12.1 Å². The molecule has 0 aliphatic rings. The summed E-state index contributed by atoms with van der Waals surface area (Å²) in [4.78, 5) is 10.3. The zero-order valence-electron chi connectivity index (χ0n) is 7.47. The third kappa shape index (κ3) is 3.89. The topological polar surface area (TPSA) is 46.5 Å². The SMILES string of the molecule is O=C(O)CCOc1c(Cl)cc(Br)cc1Cl. The van der Waals surface area contributed by atoms with Gasteiger partial charge in [-0.1, -0.05) is 39.1 Å². The van der Waals surface area contributed by atoms with E-state index in [0.29, 0.717) is 15.8 Å². The lowest BCUT2D eigenvalue weighted by Gasteiger charge is -2.09. The average molecular weight is 314 g/mol. The summed E-state index contributed by atoms with van der Waals surface area (Å²) in [5.74, 6) is -0.623. The minimum Gasteiger partial charge on any atom is -0.490 e. The van der Waals surface area contributed by atoms with Crippen LogP contribution in [0.4, 0.5) is 0 Å². The van der Waals surface area contributed by atoms with Gasteiger partial charge in [0.15, 0.2) is 5.75 Å². The molecule has 0 saturated carbocycles. The molecule has 15 heavy (non-hydrogen) atoms. The van der Waals surface area contributed by atoms with E-state index in [0.717, 1.165) is 4.47 Å². The number of rotatable bonds is 4. The fourth-order valence-corrected chi connectivity index (χ4v) is 2.22. The van der Waals surface area contributed by atoms with Gasteiger partial charge in [-0.2, -0.15) is 0 Å². The minimum absolute atomic E-state index is 0.0381. The Morgan fingerprint density at radius 2 is 1.93 bits per heavy atom. The van der Waals surface area contributed by atoms with Crippen LogP contribution in [0.1, 0.15) is 6.42 Å². The number of hydrogen-bond donors (Lipinski definition) is 1. The van der Waals surface area contributed by atoms with E-state index < -0.39 is 5.97 Å². The molecule has 0 amide bonds. The largest absolute Gasteiger partial charge is 0.490 e. The molecule has 3 nitrogen and oxygen atoms in total. The second kappa shape index (κ2) is 5.58. The van der Waals surface area contributed by atoms with Gasteiger partial charge in [-0.3, -0.25) is 4.79 Å². The van der Waals surface area contributed by atoms with E-state index >= 15 is 0 Å². The molecule has 0 aromatic heterocycles. The Balaban J connectivity index is 2.72. The lowest BCUT2D eigenvalue weighted by molar-refractivity contribution is -0.137. The summed E-state index contributed by atoms with van der Waals surface area (Å²) in [6.45, 7) is 0.0381. The van der Waals surface area contributed by atoms with Crippen molar-refractivity contribution < 1.29 is 14.6 Å². The second-order valence-electron chi connectivity index (χ2n) is 2.69. The molecule has 0 bridgehead atoms. The quantitative estimate of drug-likeness (QED) is 0.923. The van der Waals surface area contributed by atoms with E-state index in [-0.39, 0.29) is 13.0 Å². The molecule has 82 valence electrons. The van der Waals surface area contributed by atoms with Crippen LogP contribution >= 0.6 is 39.1 Å². The van der Waals surface area contributed by atoms with Crippen molar-refractivity contribution in [1.82, 2.24) is 0 Å². The Morgan fingerprint density at radius 3 is 2.40 bits per heavy atom. The van der Waals surface area contributed by atoms with Crippen LogP contribution in [0.5, 0.6) is 5.75 Å². The highest BCUT2D eigenvalue weighted by Gasteiger charge is 2.09. The molecular formula is C9H7BrCl2O3. The molecule has 1 rings (SSSR count). The lowest BCUT2D eigenvalue weighted by Crippen LogP contribution is -2.05. The summed E-state index contributed by atoms with van der Waals surface area (Å²) in [7, 11) is 0. The zero-order valence-corrected chi connectivity index (χ0v) is 10.6. The van der Waals surface area contributed by atoms with Crippen LogP contribution in [0, 0.1) is 0 Å². The smallest absolute Gasteiger partial charge is 0.306 e. The molecular weight excluding hydrogens is 307 g/mol. The predicted molar refractivity (Wildman–Crippen MR) is 61.9 cm³/mol. The summed E-state index contributed by atoms with van der Waals surface area (Å²) < 4.78 is 5.91. The molecule has 6 heteroatoms. The third-order valence-electron chi connectivity index (χ3n) is 1.53. The van der Waals surface area contributed by atoms with Crippen LogP contribution in [0.3, 0.4) is 0 Å². The predicted octanol–water partition coefficient (Wildman–Crippen LogP) is 3.61. The first-order valence-electron chi connectivity index (χ1n) is 4.00. The Labute approximate surface area is 105 Å². The number of benzene rings is 1. The standard InChI is InChI=1S/C9H7BrCl2O3/c10-5-3-6(11)9(7(12)4-5)15-2-1-8(13)14/h3-4H,1-2H2,(H,13,14). The van der Waals surface area contributed by atoms with Crippen molar-refractivity contribution in [3.05, 3.63) is 26.7 Å². The molecule has 0 heterocycles. The molecule has 1 aromatic carbocycles. The molecule has 0 aliphatic carbocycles. The number of carboxylic acid groups (broad SMARTS) is 1. The molecule has 0 atom stereocenters. The van der Waals surface area contributed by atoms with Gasteiger partial charge in [0.1, 0.15) is 0 Å². The van der Waals surface area contributed by atoms with E-state index in [9.17, 15) is 4.79 Å². The zero-order chi connectivity index (χ0) is 11.4. The average Bonchev–Trinajstić information content (AvgIpc) is 2.08. The Bertz CT molecular complexity index is 359. The maximum Gasteiger partial charge on any atom is 0.306 e. The first-order valence-corrected chi connectivity index (χ1v) is 5.54. The number of carboxylic acids is 1. The molecule has 1 aromatic rings. The minimum atomic E-state index is -0.931. The summed E-state index contributed by atoms with van der Waals surface area (Å²) >= 11 is 14.9. The van der Waals surface area contributed by atoms with Gasteiger partial charge in [-0.25, -0.2) is 0 Å². The highest BCUT2D eigenvalue weighted by Crippen LogP contribution is 2.35. The molecule has 1 N–H and O–H groups in total. The Kier molecular flexibility index (Phi) is 4.70. The number of carbonyl (C=O) groups is 1. The highest BCUT2D eigenvalue weighted by molar-refractivity contribution is 9.10.